The maximum absolute atomic E-state index is 13.0. The van der Waals surface area contributed by atoms with Crippen molar-refractivity contribution in [1.82, 2.24) is 4.90 Å². The van der Waals surface area contributed by atoms with Crippen molar-refractivity contribution in [3.8, 4) is 0 Å². The first-order valence-corrected chi connectivity index (χ1v) is 10.6. The maximum Gasteiger partial charge on any atom is 0.223 e. The number of piperidine rings is 1. The summed E-state index contributed by atoms with van der Waals surface area (Å²) in [5, 5.41) is 1.17. The topological polar surface area (TPSA) is 20.3 Å². The Bertz CT molecular complexity index is 721. The standard InChI is InChI=1S/C22H27Cl2NO/c1-2-10-21(17-7-8-18(23)19(24)14-17)13-9-20(26)25(15-21)22(16-5-6-16)11-3-4-12-22/h2,7-8,14,16H,1,3-6,9-13,15H2. The molecule has 4 heteroatoms. The van der Waals surface area contributed by atoms with Crippen molar-refractivity contribution in [3.63, 3.8) is 0 Å². The summed E-state index contributed by atoms with van der Waals surface area (Å²) in [7, 11) is 0. The molecule has 1 aromatic rings. The van der Waals surface area contributed by atoms with Crippen LogP contribution < -0.4 is 0 Å². The summed E-state index contributed by atoms with van der Waals surface area (Å²) in [6.45, 7) is 4.79. The molecule has 3 aliphatic rings. The molecule has 1 unspecified atom stereocenters. The molecule has 1 amide bonds. The van der Waals surface area contributed by atoms with Crippen LogP contribution >= 0.6 is 23.2 Å². The van der Waals surface area contributed by atoms with Crippen LogP contribution in [0, 0.1) is 5.92 Å². The molecule has 0 N–H and O–H groups in total. The zero-order valence-electron chi connectivity index (χ0n) is 15.3. The number of allylic oxidation sites excluding steroid dienone is 1. The van der Waals surface area contributed by atoms with Crippen LogP contribution in [0.5, 0.6) is 0 Å². The van der Waals surface area contributed by atoms with Gasteiger partial charge in [0.1, 0.15) is 0 Å². The highest BCUT2D eigenvalue weighted by atomic mass is 35.5. The average molecular weight is 392 g/mol. The summed E-state index contributed by atoms with van der Waals surface area (Å²) in [6, 6.07) is 5.97. The summed E-state index contributed by atoms with van der Waals surface area (Å²) in [6.07, 6.45) is 11.7. The first kappa shape index (κ1) is 18.4. The molecule has 26 heavy (non-hydrogen) atoms. The summed E-state index contributed by atoms with van der Waals surface area (Å²) in [4.78, 5) is 15.3. The van der Waals surface area contributed by atoms with Crippen molar-refractivity contribution >= 4 is 29.1 Å². The van der Waals surface area contributed by atoms with Crippen LogP contribution in [0.2, 0.25) is 10.0 Å². The fourth-order valence-corrected chi connectivity index (χ4v) is 5.78. The molecule has 2 aliphatic carbocycles. The van der Waals surface area contributed by atoms with Gasteiger partial charge in [0.05, 0.1) is 10.0 Å². The van der Waals surface area contributed by atoms with Gasteiger partial charge < -0.3 is 4.90 Å². The number of carbonyl (C=O) groups is 1. The van der Waals surface area contributed by atoms with Gasteiger partial charge >= 0.3 is 0 Å². The molecule has 2 saturated carbocycles. The van der Waals surface area contributed by atoms with E-state index in [0.29, 0.717) is 28.3 Å². The number of halogens is 2. The Kier molecular flexibility index (Phi) is 4.86. The van der Waals surface area contributed by atoms with Crippen LogP contribution in [0.4, 0.5) is 0 Å². The highest BCUT2D eigenvalue weighted by molar-refractivity contribution is 6.42. The van der Waals surface area contributed by atoms with Gasteiger partial charge in [-0.3, -0.25) is 4.79 Å². The van der Waals surface area contributed by atoms with Crippen LogP contribution in [0.25, 0.3) is 0 Å². The minimum atomic E-state index is -0.103. The molecule has 140 valence electrons. The lowest BCUT2D eigenvalue weighted by Crippen LogP contribution is -2.59. The van der Waals surface area contributed by atoms with Crippen molar-refractivity contribution in [1.29, 1.82) is 0 Å². The molecule has 1 aromatic carbocycles. The number of benzene rings is 1. The monoisotopic (exact) mass is 391 g/mol. The Morgan fingerprint density at radius 2 is 1.88 bits per heavy atom. The number of nitrogens with zero attached hydrogens (tertiary/aromatic N) is 1. The minimum absolute atomic E-state index is 0.103. The Morgan fingerprint density at radius 1 is 1.15 bits per heavy atom. The number of carbonyl (C=O) groups excluding carboxylic acids is 1. The third kappa shape index (κ3) is 2.99. The Labute approximate surface area is 166 Å². The second-order valence-electron chi connectivity index (χ2n) is 8.47. The molecule has 0 bridgehead atoms. The quantitative estimate of drug-likeness (QED) is 0.550. The number of likely N-dealkylation sites (tertiary alicyclic amines) is 1. The number of amides is 1. The van der Waals surface area contributed by atoms with Crippen LogP contribution in [0.1, 0.15) is 63.4 Å². The Balaban J connectivity index is 1.72. The SMILES string of the molecule is C=CCC1(c2ccc(Cl)c(Cl)c2)CCC(=O)N(C2(C3CC3)CCCC2)C1. The van der Waals surface area contributed by atoms with Gasteiger partial charge in [0.25, 0.3) is 0 Å². The lowest BCUT2D eigenvalue weighted by molar-refractivity contribution is -0.144. The van der Waals surface area contributed by atoms with E-state index >= 15 is 0 Å². The number of hydrogen-bond acceptors (Lipinski definition) is 1. The summed E-state index contributed by atoms with van der Waals surface area (Å²) in [5.74, 6) is 1.06. The van der Waals surface area contributed by atoms with Crippen LogP contribution in [0.15, 0.2) is 30.9 Å². The fraction of sp³-hybridized carbons (Fsp3) is 0.591. The van der Waals surface area contributed by atoms with Gasteiger partial charge in [0.2, 0.25) is 5.91 Å². The smallest absolute Gasteiger partial charge is 0.223 e. The van der Waals surface area contributed by atoms with Gasteiger partial charge in [-0.05, 0) is 62.1 Å². The van der Waals surface area contributed by atoms with E-state index in [0.717, 1.165) is 19.4 Å². The molecular formula is C22H27Cl2NO. The predicted molar refractivity (Wildman–Crippen MR) is 108 cm³/mol. The molecule has 4 rings (SSSR count). The van der Waals surface area contributed by atoms with Gasteiger partial charge in [0.15, 0.2) is 0 Å². The van der Waals surface area contributed by atoms with Crippen molar-refractivity contribution in [2.24, 2.45) is 5.92 Å². The molecule has 2 nitrogen and oxygen atoms in total. The lowest BCUT2D eigenvalue weighted by atomic mass is 9.70. The first-order chi connectivity index (χ1) is 12.5. The number of hydrogen-bond donors (Lipinski definition) is 0. The molecule has 1 saturated heterocycles. The average Bonchev–Trinajstić information content (AvgIpc) is 3.38. The van der Waals surface area contributed by atoms with E-state index in [-0.39, 0.29) is 11.0 Å². The van der Waals surface area contributed by atoms with Gasteiger partial charge in [-0.25, -0.2) is 0 Å². The second-order valence-corrected chi connectivity index (χ2v) is 9.28. The van der Waals surface area contributed by atoms with E-state index in [1.54, 1.807) is 0 Å². The molecule has 1 atom stereocenters. The second kappa shape index (κ2) is 6.87. The maximum atomic E-state index is 13.0. The normalized spacial score (nSPS) is 28.4. The lowest BCUT2D eigenvalue weighted by Gasteiger charge is -2.51. The Morgan fingerprint density at radius 3 is 2.50 bits per heavy atom. The zero-order valence-corrected chi connectivity index (χ0v) is 16.8. The molecule has 3 fully saturated rings. The van der Waals surface area contributed by atoms with Gasteiger partial charge in [-0.15, -0.1) is 6.58 Å². The third-order valence-electron chi connectivity index (χ3n) is 6.99. The highest BCUT2D eigenvalue weighted by Gasteiger charge is 2.55. The molecule has 1 heterocycles. The molecule has 0 aromatic heterocycles. The van der Waals surface area contributed by atoms with Crippen LogP contribution in [-0.4, -0.2) is 22.9 Å². The van der Waals surface area contributed by atoms with Crippen LogP contribution in [-0.2, 0) is 10.2 Å². The van der Waals surface area contributed by atoms with Gasteiger partial charge in [-0.2, -0.15) is 0 Å². The van der Waals surface area contributed by atoms with Gasteiger partial charge in [-0.1, -0.05) is 48.2 Å². The van der Waals surface area contributed by atoms with E-state index in [2.05, 4.69) is 17.5 Å². The Hall–Kier alpha value is -0.990. The minimum Gasteiger partial charge on any atom is -0.336 e. The van der Waals surface area contributed by atoms with Crippen molar-refractivity contribution < 1.29 is 4.79 Å². The van der Waals surface area contributed by atoms with E-state index in [1.807, 2.05) is 18.2 Å². The summed E-state index contributed by atoms with van der Waals surface area (Å²) in [5.41, 5.74) is 1.20. The van der Waals surface area contributed by atoms with E-state index in [4.69, 9.17) is 23.2 Å². The van der Waals surface area contributed by atoms with Crippen LogP contribution in [0.3, 0.4) is 0 Å². The van der Waals surface area contributed by atoms with E-state index < -0.39 is 0 Å². The summed E-state index contributed by atoms with van der Waals surface area (Å²) < 4.78 is 0. The number of rotatable bonds is 5. The summed E-state index contributed by atoms with van der Waals surface area (Å²) >= 11 is 12.5. The first-order valence-electron chi connectivity index (χ1n) is 9.88. The predicted octanol–water partition coefficient (Wildman–Crippen LogP) is 6.15. The highest BCUT2D eigenvalue weighted by Crippen LogP contribution is 2.54. The zero-order chi connectivity index (χ0) is 18.4. The van der Waals surface area contributed by atoms with E-state index in [9.17, 15) is 4.79 Å². The third-order valence-corrected chi connectivity index (χ3v) is 7.73. The molecule has 0 radical (unpaired) electrons. The molecule has 0 spiro atoms. The van der Waals surface area contributed by atoms with Crippen molar-refractivity contribution in [2.75, 3.05) is 6.54 Å². The fourth-order valence-electron chi connectivity index (χ4n) is 5.49. The van der Waals surface area contributed by atoms with Crippen molar-refractivity contribution in [3.05, 3.63) is 46.5 Å². The van der Waals surface area contributed by atoms with Gasteiger partial charge in [0, 0.05) is 23.9 Å². The van der Waals surface area contributed by atoms with E-state index in [1.165, 1.54) is 44.1 Å². The molecule has 1 aliphatic heterocycles. The largest absolute Gasteiger partial charge is 0.336 e. The molecular weight excluding hydrogens is 365 g/mol. The van der Waals surface area contributed by atoms with Crippen molar-refractivity contribution in [2.45, 2.75) is 68.7 Å².